The molecule has 130 valence electrons. The predicted octanol–water partition coefficient (Wildman–Crippen LogP) is 2.20. The number of aromatic nitrogens is 2. The first-order valence-corrected chi connectivity index (χ1v) is 7.52. The molecule has 3 rings (SSSR count). The molecule has 1 aliphatic rings. The summed E-state index contributed by atoms with van der Waals surface area (Å²) in [4.78, 5) is 13.7. The number of rotatable bonds is 3. The molecule has 0 saturated carbocycles. The average Bonchev–Trinajstić information content (AvgIpc) is 2.93. The van der Waals surface area contributed by atoms with E-state index in [1.807, 2.05) is 0 Å². The largest absolute Gasteiger partial charge is 0.461 e. The van der Waals surface area contributed by atoms with E-state index in [0.29, 0.717) is 31.8 Å². The minimum Gasteiger partial charge on any atom is -0.461 e. The van der Waals surface area contributed by atoms with Crippen molar-refractivity contribution < 1.29 is 27.4 Å². The van der Waals surface area contributed by atoms with Gasteiger partial charge in [0, 0.05) is 5.39 Å². The maximum absolute atomic E-state index is 13.0. The molecule has 1 aliphatic heterocycles. The van der Waals surface area contributed by atoms with Crippen LogP contribution in [0.5, 0.6) is 0 Å². The van der Waals surface area contributed by atoms with Gasteiger partial charge in [0.15, 0.2) is 5.69 Å². The molecular formula is C15H16F3N3O3. The SMILES string of the molecule is CCOC(=O)c1c2cc(C(F)(F)F)ccc2nn1N1CCOCC1. The first kappa shape index (κ1) is 16.6. The molecule has 2 heterocycles. The number of halogens is 3. The van der Waals surface area contributed by atoms with Crippen LogP contribution in [-0.2, 0) is 15.7 Å². The second kappa shape index (κ2) is 6.31. The zero-order valence-corrected chi connectivity index (χ0v) is 13.0. The van der Waals surface area contributed by atoms with Gasteiger partial charge in [-0.3, -0.25) is 5.01 Å². The van der Waals surface area contributed by atoms with Crippen molar-refractivity contribution in [1.82, 2.24) is 9.89 Å². The van der Waals surface area contributed by atoms with Crippen LogP contribution >= 0.6 is 0 Å². The molecule has 0 N–H and O–H groups in total. The number of hydrogen-bond acceptors (Lipinski definition) is 5. The highest BCUT2D eigenvalue weighted by molar-refractivity contribution is 6.02. The smallest absolute Gasteiger partial charge is 0.416 e. The molecule has 24 heavy (non-hydrogen) atoms. The van der Waals surface area contributed by atoms with Crippen LogP contribution in [0.4, 0.5) is 13.2 Å². The summed E-state index contributed by atoms with van der Waals surface area (Å²) >= 11 is 0. The van der Waals surface area contributed by atoms with Crippen molar-refractivity contribution in [1.29, 1.82) is 0 Å². The van der Waals surface area contributed by atoms with Gasteiger partial charge in [-0.15, -0.1) is 0 Å². The van der Waals surface area contributed by atoms with E-state index in [4.69, 9.17) is 9.47 Å². The first-order valence-electron chi connectivity index (χ1n) is 7.52. The van der Waals surface area contributed by atoms with E-state index in [1.54, 1.807) is 11.9 Å². The highest BCUT2D eigenvalue weighted by atomic mass is 19.4. The first-order chi connectivity index (χ1) is 11.4. The Morgan fingerprint density at radius 3 is 2.67 bits per heavy atom. The Labute approximate surface area is 135 Å². The number of nitrogens with zero attached hydrogens (tertiary/aromatic N) is 3. The van der Waals surface area contributed by atoms with Crippen LogP contribution in [0.3, 0.4) is 0 Å². The van der Waals surface area contributed by atoms with Crippen LogP contribution in [0.25, 0.3) is 10.9 Å². The predicted molar refractivity (Wildman–Crippen MR) is 79.5 cm³/mol. The van der Waals surface area contributed by atoms with Crippen molar-refractivity contribution in [3.63, 3.8) is 0 Å². The van der Waals surface area contributed by atoms with Crippen molar-refractivity contribution in [2.45, 2.75) is 13.1 Å². The van der Waals surface area contributed by atoms with Crippen molar-refractivity contribution >= 4 is 16.9 Å². The summed E-state index contributed by atoms with van der Waals surface area (Å²) in [6, 6.07) is 3.15. The minimum atomic E-state index is -4.50. The molecule has 1 fully saturated rings. The zero-order valence-electron chi connectivity index (χ0n) is 13.0. The number of morpholine rings is 1. The summed E-state index contributed by atoms with van der Waals surface area (Å²) in [6.45, 7) is 3.61. The molecule has 0 unspecified atom stereocenters. The molecule has 0 bridgehead atoms. The highest BCUT2D eigenvalue weighted by Gasteiger charge is 2.32. The van der Waals surface area contributed by atoms with Gasteiger partial charge in [0.05, 0.1) is 44.0 Å². The quantitative estimate of drug-likeness (QED) is 0.800. The van der Waals surface area contributed by atoms with E-state index in [2.05, 4.69) is 5.10 Å². The molecule has 0 atom stereocenters. The number of ether oxygens (including phenoxy) is 2. The Bertz CT molecular complexity index is 751. The van der Waals surface area contributed by atoms with E-state index in [0.717, 1.165) is 12.1 Å². The third-order valence-corrected chi connectivity index (χ3v) is 3.71. The lowest BCUT2D eigenvalue weighted by atomic mass is 10.1. The maximum Gasteiger partial charge on any atom is 0.416 e. The topological polar surface area (TPSA) is 56.6 Å². The molecule has 2 aromatic rings. The van der Waals surface area contributed by atoms with Crippen molar-refractivity contribution in [2.24, 2.45) is 0 Å². The second-order valence-electron chi connectivity index (χ2n) is 5.25. The molecule has 6 nitrogen and oxygen atoms in total. The Balaban J connectivity index is 2.15. The minimum absolute atomic E-state index is 0.000139. The molecule has 0 aliphatic carbocycles. The number of carbonyl (C=O) groups is 1. The number of alkyl halides is 3. The Morgan fingerprint density at radius 1 is 1.33 bits per heavy atom. The van der Waals surface area contributed by atoms with Gasteiger partial charge in [0.2, 0.25) is 0 Å². The van der Waals surface area contributed by atoms with Gasteiger partial charge < -0.3 is 9.47 Å². The van der Waals surface area contributed by atoms with Gasteiger partial charge >= 0.3 is 12.1 Å². The van der Waals surface area contributed by atoms with Gasteiger partial charge in [-0.2, -0.15) is 23.1 Å². The third kappa shape index (κ3) is 3.03. The molecular weight excluding hydrogens is 327 g/mol. The van der Waals surface area contributed by atoms with Crippen LogP contribution in [-0.4, -0.2) is 48.8 Å². The van der Waals surface area contributed by atoms with Crippen LogP contribution in [0.1, 0.15) is 23.0 Å². The Hall–Kier alpha value is -2.29. The van der Waals surface area contributed by atoms with Crippen molar-refractivity contribution in [3.05, 3.63) is 29.5 Å². The average molecular weight is 343 g/mol. The van der Waals surface area contributed by atoms with Gasteiger partial charge in [0.25, 0.3) is 0 Å². The normalized spacial score (nSPS) is 15.8. The van der Waals surface area contributed by atoms with E-state index < -0.39 is 17.7 Å². The van der Waals surface area contributed by atoms with Gasteiger partial charge in [-0.25, -0.2) is 4.79 Å². The summed E-state index contributed by atoms with van der Waals surface area (Å²) in [7, 11) is 0. The summed E-state index contributed by atoms with van der Waals surface area (Å²) in [5.41, 5.74) is -0.528. The molecule has 0 amide bonds. The molecule has 0 spiro atoms. The zero-order chi connectivity index (χ0) is 17.3. The lowest BCUT2D eigenvalue weighted by Crippen LogP contribution is -2.46. The van der Waals surface area contributed by atoms with Crippen LogP contribution in [0.2, 0.25) is 0 Å². The molecule has 1 aromatic heterocycles. The fraction of sp³-hybridized carbons (Fsp3) is 0.467. The Morgan fingerprint density at radius 2 is 2.04 bits per heavy atom. The number of fused-ring (bicyclic) bond motifs is 1. The van der Waals surface area contributed by atoms with E-state index in [1.165, 1.54) is 10.9 Å². The molecule has 0 radical (unpaired) electrons. The molecule has 9 heteroatoms. The van der Waals surface area contributed by atoms with Crippen LogP contribution in [0.15, 0.2) is 18.2 Å². The number of carbonyl (C=O) groups excluding carboxylic acids is 1. The van der Waals surface area contributed by atoms with Gasteiger partial charge in [0.1, 0.15) is 0 Å². The van der Waals surface area contributed by atoms with Crippen molar-refractivity contribution in [3.8, 4) is 0 Å². The van der Waals surface area contributed by atoms with E-state index in [9.17, 15) is 18.0 Å². The van der Waals surface area contributed by atoms with Crippen LogP contribution < -0.4 is 5.01 Å². The lowest BCUT2D eigenvalue weighted by Gasteiger charge is -2.29. The summed E-state index contributed by atoms with van der Waals surface area (Å²) in [6.07, 6.45) is -4.50. The second-order valence-corrected chi connectivity index (χ2v) is 5.25. The van der Waals surface area contributed by atoms with Crippen molar-refractivity contribution in [2.75, 3.05) is 37.9 Å². The highest BCUT2D eigenvalue weighted by Crippen LogP contribution is 2.32. The van der Waals surface area contributed by atoms with E-state index in [-0.39, 0.29) is 17.7 Å². The van der Waals surface area contributed by atoms with Gasteiger partial charge in [-0.1, -0.05) is 0 Å². The monoisotopic (exact) mass is 343 g/mol. The number of hydrogen-bond donors (Lipinski definition) is 0. The third-order valence-electron chi connectivity index (χ3n) is 3.71. The number of esters is 1. The lowest BCUT2D eigenvalue weighted by molar-refractivity contribution is -0.137. The van der Waals surface area contributed by atoms with Crippen LogP contribution in [0, 0.1) is 0 Å². The molecule has 1 saturated heterocycles. The fourth-order valence-electron chi connectivity index (χ4n) is 2.59. The van der Waals surface area contributed by atoms with E-state index >= 15 is 0 Å². The fourth-order valence-corrected chi connectivity index (χ4v) is 2.59. The molecule has 1 aromatic carbocycles. The van der Waals surface area contributed by atoms with Gasteiger partial charge in [-0.05, 0) is 25.1 Å². The summed E-state index contributed by atoms with van der Waals surface area (Å²) in [5.74, 6) is -0.703. The summed E-state index contributed by atoms with van der Waals surface area (Å²) in [5, 5.41) is 6.15. The summed E-state index contributed by atoms with van der Waals surface area (Å²) < 4.78 is 49.2. The number of benzene rings is 1. The Kier molecular flexibility index (Phi) is 4.35. The maximum atomic E-state index is 13.0. The standard InChI is InChI=1S/C15H16F3N3O3/c1-2-24-14(22)13-11-9-10(15(16,17)18)3-4-12(11)19-21(13)20-5-7-23-8-6-20/h3-4,9H,2,5-8H2,1H3.